The molecule has 27 heavy (non-hydrogen) atoms. The summed E-state index contributed by atoms with van der Waals surface area (Å²) >= 11 is 0. The van der Waals surface area contributed by atoms with Crippen molar-refractivity contribution in [3.8, 4) is 5.75 Å². The van der Waals surface area contributed by atoms with Crippen molar-refractivity contribution in [1.82, 2.24) is 20.7 Å². The van der Waals surface area contributed by atoms with Crippen molar-refractivity contribution in [3.63, 3.8) is 0 Å². The Hall–Kier alpha value is -2.54. The highest BCUT2D eigenvalue weighted by atomic mass is 16.5. The minimum Gasteiger partial charge on any atom is -0.497 e. The molecule has 1 atom stereocenters. The number of hydrogen-bond donors (Lipinski definition) is 2. The number of nitrogens with zero attached hydrogens (tertiary/aromatic N) is 3. The van der Waals surface area contributed by atoms with E-state index in [1.54, 1.807) is 13.4 Å². The molecule has 1 aromatic carbocycles. The average molecular weight is 371 g/mol. The van der Waals surface area contributed by atoms with Gasteiger partial charge in [-0.15, -0.1) is 0 Å². The summed E-state index contributed by atoms with van der Waals surface area (Å²) < 4.78 is 10.3. The Morgan fingerprint density at radius 1 is 1.30 bits per heavy atom. The molecule has 3 rings (SSSR count). The van der Waals surface area contributed by atoms with Crippen molar-refractivity contribution >= 4 is 5.96 Å². The molecule has 1 aromatic heterocycles. The first kappa shape index (κ1) is 19.2. The molecular weight excluding hydrogens is 342 g/mol. The smallest absolute Gasteiger partial charge is 0.191 e. The van der Waals surface area contributed by atoms with Crippen LogP contribution < -0.4 is 15.4 Å². The van der Waals surface area contributed by atoms with Gasteiger partial charge in [-0.25, -0.2) is 4.99 Å². The zero-order valence-corrected chi connectivity index (χ0v) is 16.1. The number of likely N-dealkylation sites (tertiary alicyclic amines) is 1. The van der Waals surface area contributed by atoms with Crippen LogP contribution in [0, 0.1) is 0 Å². The van der Waals surface area contributed by atoms with E-state index in [9.17, 15) is 0 Å². The van der Waals surface area contributed by atoms with Gasteiger partial charge < -0.3 is 19.9 Å². The van der Waals surface area contributed by atoms with Gasteiger partial charge in [0, 0.05) is 19.2 Å². The van der Waals surface area contributed by atoms with Gasteiger partial charge in [0.05, 0.1) is 19.7 Å². The van der Waals surface area contributed by atoms with Gasteiger partial charge in [-0.05, 0) is 50.6 Å². The Morgan fingerprint density at radius 2 is 2.15 bits per heavy atom. The highest BCUT2D eigenvalue weighted by molar-refractivity contribution is 5.79. The molecule has 2 N–H and O–H groups in total. The molecule has 0 amide bonds. The molecule has 1 saturated heterocycles. The van der Waals surface area contributed by atoms with Crippen LogP contribution in [0.3, 0.4) is 0 Å². The largest absolute Gasteiger partial charge is 0.497 e. The predicted octanol–water partition coefficient (Wildman–Crippen LogP) is 2.58. The van der Waals surface area contributed by atoms with Crippen LogP contribution in [-0.2, 0) is 6.54 Å². The number of hydrogen-bond acceptors (Lipinski definition) is 5. The molecule has 0 aliphatic carbocycles. The summed E-state index contributed by atoms with van der Waals surface area (Å²) in [7, 11) is 1.71. The summed E-state index contributed by atoms with van der Waals surface area (Å²) in [4.78, 5) is 7.14. The first-order chi connectivity index (χ1) is 13.3. The Labute approximate surface area is 160 Å². The van der Waals surface area contributed by atoms with Crippen LogP contribution in [0.15, 0.2) is 46.1 Å². The second-order valence-electron chi connectivity index (χ2n) is 6.60. The molecule has 146 valence electrons. The summed E-state index contributed by atoms with van der Waals surface area (Å²) in [6.45, 7) is 6.37. The minimum atomic E-state index is 0.276. The SMILES string of the molecule is CCNC(=NCc1ccon1)NCC(c1cccc(OC)c1)N1CCCC1. The lowest BCUT2D eigenvalue weighted by atomic mass is 10.1. The van der Waals surface area contributed by atoms with Gasteiger partial charge in [-0.1, -0.05) is 17.3 Å². The molecule has 1 aliphatic heterocycles. The van der Waals surface area contributed by atoms with Crippen LogP contribution in [0.4, 0.5) is 0 Å². The number of guanidine groups is 1. The second-order valence-corrected chi connectivity index (χ2v) is 6.60. The van der Waals surface area contributed by atoms with E-state index in [1.807, 2.05) is 12.1 Å². The van der Waals surface area contributed by atoms with Crippen molar-refractivity contribution in [2.75, 3.05) is 33.3 Å². The number of rotatable bonds is 8. The molecule has 2 aromatic rings. The lowest BCUT2D eigenvalue weighted by Crippen LogP contribution is -2.42. The van der Waals surface area contributed by atoms with Crippen molar-refractivity contribution < 1.29 is 9.26 Å². The van der Waals surface area contributed by atoms with Crippen LogP contribution in [0.2, 0.25) is 0 Å². The quantitative estimate of drug-likeness (QED) is 0.549. The summed E-state index contributed by atoms with van der Waals surface area (Å²) in [6.07, 6.45) is 4.07. The van der Waals surface area contributed by atoms with Gasteiger partial charge in [0.25, 0.3) is 0 Å². The second kappa shape index (κ2) is 9.97. The molecular formula is C20H29N5O2. The van der Waals surface area contributed by atoms with E-state index in [0.29, 0.717) is 6.54 Å². The molecule has 7 nitrogen and oxygen atoms in total. The number of methoxy groups -OCH3 is 1. The van der Waals surface area contributed by atoms with Crippen molar-refractivity contribution in [3.05, 3.63) is 47.9 Å². The van der Waals surface area contributed by atoms with E-state index in [4.69, 9.17) is 9.26 Å². The van der Waals surface area contributed by atoms with Crippen molar-refractivity contribution in [1.29, 1.82) is 0 Å². The maximum absolute atomic E-state index is 5.42. The highest BCUT2D eigenvalue weighted by Crippen LogP contribution is 2.27. The average Bonchev–Trinajstić information content (AvgIpc) is 3.40. The first-order valence-electron chi connectivity index (χ1n) is 9.59. The zero-order chi connectivity index (χ0) is 18.9. The van der Waals surface area contributed by atoms with Gasteiger partial charge in [-0.2, -0.15) is 0 Å². The number of nitrogens with one attached hydrogen (secondary N) is 2. The third-order valence-corrected chi connectivity index (χ3v) is 4.76. The highest BCUT2D eigenvalue weighted by Gasteiger charge is 2.24. The number of aliphatic imine (C=N–C) groups is 1. The third-order valence-electron chi connectivity index (χ3n) is 4.76. The van der Waals surface area contributed by atoms with Gasteiger partial charge in [0.15, 0.2) is 5.96 Å². The molecule has 0 bridgehead atoms. The molecule has 1 unspecified atom stereocenters. The lowest BCUT2D eigenvalue weighted by Gasteiger charge is -2.29. The lowest BCUT2D eigenvalue weighted by molar-refractivity contribution is 0.245. The number of ether oxygens (including phenoxy) is 1. The Balaban J connectivity index is 1.70. The summed E-state index contributed by atoms with van der Waals surface area (Å²) in [5, 5.41) is 10.7. The Morgan fingerprint density at radius 3 is 2.85 bits per heavy atom. The molecule has 1 fully saturated rings. The van der Waals surface area contributed by atoms with Crippen LogP contribution in [-0.4, -0.2) is 49.3 Å². The van der Waals surface area contributed by atoms with Crippen LogP contribution in [0.1, 0.15) is 37.1 Å². The van der Waals surface area contributed by atoms with Gasteiger partial charge in [-0.3, -0.25) is 4.90 Å². The molecule has 0 saturated carbocycles. The zero-order valence-electron chi connectivity index (χ0n) is 16.1. The van der Waals surface area contributed by atoms with E-state index in [0.717, 1.165) is 43.6 Å². The van der Waals surface area contributed by atoms with Crippen LogP contribution >= 0.6 is 0 Å². The fourth-order valence-electron chi connectivity index (χ4n) is 3.37. The molecule has 7 heteroatoms. The van der Waals surface area contributed by atoms with Gasteiger partial charge in [0.2, 0.25) is 0 Å². The van der Waals surface area contributed by atoms with E-state index in [-0.39, 0.29) is 6.04 Å². The fraction of sp³-hybridized carbons (Fsp3) is 0.500. The van der Waals surface area contributed by atoms with E-state index < -0.39 is 0 Å². The molecule has 0 spiro atoms. The monoisotopic (exact) mass is 371 g/mol. The maximum Gasteiger partial charge on any atom is 0.191 e. The fourth-order valence-corrected chi connectivity index (χ4v) is 3.37. The molecule has 0 radical (unpaired) electrons. The van der Waals surface area contributed by atoms with Crippen molar-refractivity contribution in [2.45, 2.75) is 32.4 Å². The maximum atomic E-state index is 5.42. The van der Waals surface area contributed by atoms with Crippen molar-refractivity contribution in [2.24, 2.45) is 4.99 Å². The summed E-state index contributed by atoms with van der Waals surface area (Å²) in [5.74, 6) is 1.68. The Bertz CT molecular complexity index is 711. The topological polar surface area (TPSA) is 74.9 Å². The van der Waals surface area contributed by atoms with Gasteiger partial charge >= 0.3 is 0 Å². The van der Waals surface area contributed by atoms with Crippen LogP contribution in [0.25, 0.3) is 0 Å². The standard InChI is InChI=1S/C20H29N5O2/c1-3-21-20(22-14-17-9-12-27-24-17)23-15-19(25-10-4-5-11-25)16-7-6-8-18(13-16)26-2/h6-9,12-13,19H,3-5,10-11,14-15H2,1-2H3,(H2,21,22,23). The number of aromatic nitrogens is 1. The van der Waals surface area contributed by atoms with Gasteiger partial charge in [0.1, 0.15) is 17.7 Å². The molecule has 1 aliphatic rings. The van der Waals surface area contributed by atoms with E-state index in [1.165, 1.54) is 18.4 Å². The number of benzene rings is 1. The normalized spacial score (nSPS) is 16.3. The first-order valence-corrected chi connectivity index (χ1v) is 9.59. The molecule has 2 heterocycles. The summed E-state index contributed by atoms with van der Waals surface area (Å²) in [6, 6.07) is 10.5. The predicted molar refractivity (Wildman–Crippen MR) is 106 cm³/mol. The van der Waals surface area contributed by atoms with Crippen LogP contribution in [0.5, 0.6) is 5.75 Å². The van der Waals surface area contributed by atoms with E-state index >= 15 is 0 Å². The summed E-state index contributed by atoms with van der Waals surface area (Å²) in [5.41, 5.74) is 2.08. The Kier molecular flexibility index (Phi) is 7.10. The van der Waals surface area contributed by atoms with E-state index in [2.05, 4.69) is 50.8 Å². The minimum absolute atomic E-state index is 0.276. The third kappa shape index (κ3) is 5.47.